The van der Waals surface area contributed by atoms with Gasteiger partial charge in [-0.15, -0.1) is 11.3 Å². The first-order chi connectivity index (χ1) is 8.66. The second-order valence-electron chi connectivity index (χ2n) is 5.09. The van der Waals surface area contributed by atoms with Gasteiger partial charge in [-0.1, -0.05) is 24.9 Å². The standard InChI is InChI=1S/C14H20ClNOS/c1-2-5-14(6-8-16-9-7-14)12(17)10-11-3-4-13(15)18-11/h3-4,16H,2,5-10H2,1H3. The Hall–Kier alpha value is -0.380. The lowest BCUT2D eigenvalue weighted by atomic mass is 9.71. The highest BCUT2D eigenvalue weighted by atomic mass is 35.5. The zero-order chi connectivity index (χ0) is 13.0. The minimum Gasteiger partial charge on any atom is -0.317 e. The molecule has 1 aromatic heterocycles. The Balaban J connectivity index is 2.08. The molecule has 0 unspecified atom stereocenters. The molecule has 0 aromatic carbocycles. The van der Waals surface area contributed by atoms with Crippen molar-refractivity contribution in [1.82, 2.24) is 5.32 Å². The van der Waals surface area contributed by atoms with E-state index in [0.29, 0.717) is 12.2 Å². The van der Waals surface area contributed by atoms with Crippen LogP contribution in [0.2, 0.25) is 4.34 Å². The van der Waals surface area contributed by atoms with Crippen molar-refractivity contribution in [2.24, 2.45) is 5.41 Å². The number of piperidine rings is 1. The molecule has 0 atom stereocenters. The lowest BCUT2D eigenvalue weighted by Crippen LogP contribution is -2.42. The summed E-state index contributed by atoms with van der Waals surface area (Å²) < 4.78 is 0.771. The topological polar surface area (TPSA) is 29.1 Å². The Labute approximate surface area is 118 Å². The predicted molar refractivity (Wildman–Crippen MR) is 77.5 cm³/mol. The lowest BCUT2D eigenvalue weighted by Gasteiger charge is -2.36. The van der Waals surface area contributed by atoms with Crippen molar-refractivity contribution in [3.63, 3.8) is 0 Å². The summed E-state index contributed by atoms with van der Waals surface area (Å²) in [6.45, 7) is 4.10. The van der Waals surface area contributed by atoms with E-state index in [4.69, 9.17) is 11.6 Å². The van der Waals surface area contributed by atoms with Crippen LogP contribution < -0.4 is 5.32 Å². The summed E-state index contributed by atoms with van der Waals surface area (Å²) in [4.78, 5) is 13.7. The number of rotatable bonds is 5. The Bertz CT molecular complexity index is 404. The number of hydrogen-bond acceptors (Lipinski definition) is 3. The predicted octanol–water partition coefficient (Wildman–Crippen LogP) is 3.68. The molecule has 2 nitrogen and oxygen atoms in total. The Morgan fingerprint density at radius 3 is 2.72 bits per heavy atom. The van der Waals surface area contributed by atoms with Crippen molar-refractivity contribution >= 4 is 28.7 Å². The minimum atomic E-state index is -0.0868. The van der Waals surface area contributed by atoms with Crippen LogP contribution in [0.15, 0.2) is 12.1 Å². The van der Waals surface area contributed by atoms with Crippen LogP contribution in [0.1, 0.15) is 37.5 Å². The summed E-state index contributed by atoms with van der Waals surface area (Å²) in [7, 11) is 0. The molecular weight excluding hydrogens is 266 g/mol. The van der Waals surface area contributed by atoms with Crippen LogP contribution in [-0.4, -0.2) is 18.9 Å². The molecule has 18 heavy (non-hydrogen) atoms. The SMILES string of the molecule is CCCC1(C(=O)Cc2ccc(Cl)s2)CCNCC1. The molecule has 0 saturated carbocycles. The summed E-state index contributed by atoms with van der Waals surface area (Å²) in [5.74, 6) is 0.407. The van der Waals surface area contributed by atoms with Crippen molar-refractivity contribution in [2.75, 3.05) is 13.1 Å². The van der Waals surface area contributed by atoms with Gasteiger partial charge in [0.1, 0.15) is 5.78 Å². The second-order valence-corrected chi connectivity index (χ2v) is 6.89. The molecule has 0 radical (unpaired) electrons. The third-order valence-corrected chi connectivity index (χ3v) is 5.08. The summed E-state index contributed by atoms with van der Waals surface area (Å²) in [6.07, 6.45) is 4.62. The molecule has 2 rings (SSSR count). The van der Waals surface area contributed by atoms with Crippen molar-refractivity contribution < 1.29 is 4.79 Å². The number of halogens is 1. The third-order valence-electron chi connectivity index (χ3n) is 3.84. The number of thiophene rings is 1. The molecule has 1 aliphatic heterocycles. The molecule has 1 fully saturated rings. The van der Waals surface area contributed by atoms with Gasteiger partial charge in [0.15, 0.2) is 0 Å². The highest BCUT2D eigenvalue weighted by Crippen LogP contribution is 2.37. The van der Waals surface area contributed by atoms with Gasteiger partial charge in [-0.3, -0.25) is 4.79 Å². The van der Waals surface area contributed by atoms with Gasteiger partial charge in [0.25, 0.3) is 0 Å². The molecule has 100 valence electrons. The maximum absolute atomic E-state index is 12.6. The van der Waals surface area contributed by atoms with Crippen LogP contribution in [0.4, 0.5) is 0 Å². The number of Topliss-reactive ketones (excluding diaryl/α,β-unsaturated/α-hetero) is 1. The van der Waals surface area contributed by atoms with E-state index in [1.54, 1.807) is 0 Å². The van der Waals surface area contributed by atoms with E-state index in [1.807, 2.05) is 12.1 Å². The van der Waals surface area contributed by atoms with Gasteiger partial charge < -0.3 is 5.32 Å². The number of hydrogen-bond donors (Lipinski definition) is 1. The largest absolute Gasteiger partial charge is 0.317 e. The lowest BCUT2D eigenvalue weighted by molar-refractivity contribution is -0.130. The zero-order valence-electron chi connectivity index (χ0n) is 10.8. The first-order valence-electron chi connectivity index (χ1n) is 6.64. The Morgan fingerprint density at radius 2 is 2.17 bits per heavy atom. The first-order valence-corrected chi connectivity index (χ1v) is 7.84. The van der Waals surface area contributed by atoms with Gasteiger partial charge in [0.05, 0.1) is 4.34 Å². The van der Waals surface area contributed by atoms with Gasteiger partial charge in [-0.2, -0.15) is 0 Å². The highest BCUT2D eigenvalue weighted by molar-refractivity contribution is 7.16. The van der Waals surface area contributed by atoms with Gasteiger partial charge in [-0.25, -0.2) is 0 Å². The molecule has 0 bridgehead atoms. The molecule has 4 heteroatoms. The van der Waals surface area contributed by atoms with Crippen LogP contribution in [0.3, 0.4) is 0 Å². The molecule has 1 saturated heterocycles. The summed E-state index contributed by atoms with van der Waals surface area (Å²) in [6, 6.07) is 3.86. The van der Waals surface area contributed by atoms with E-state index in [2.05, 4.69) is 12.2 Å². The number of carbonyl (C=O) groups is 1. The fourth-order valence-electron chi connectivity index (χ4n) is 2.84. The van der Waals surface area contributed by atoms with E-state index in [1.165, 1.54) is 11.3 Å². The smallest absolute Gasteiger partial charge is 0.144 e. The van der Waals surface area contributed by atoms with E-state index < -0.39 is 0 Å². The molecule has 1 aliphatic rings. The van der Waals surface area contributed by atoms with Crippen molar-refractivity contribution in [1.29, 1.82) is 0 Å². The maximum Gasteiger partial charge on any atom is 0.144 e. The Morgan fingerprint density at radius 1 is 1.44 bits per heavy atom. The van der Waals surface area contributed by atoms with Crippen LogP contribution in [0.25, 0.3) is 0 Å². The van der Waals surface area contributed by atoms with Crippen molar-refractivity contribution in [3.8, 4) is 0 Å². The monoisotopic (exact) mass is 285 g/mol. The van der Waals surface area contributed by atoms with E-state index in [9.17, 15) is 4.79 Å². The third kappa shape index (κ3) is 3.14. The quantitative estimate of drug-likeness (QED) is 0.894. The molecular formula is C14H20ClNOS. The number of carbonyl (C=O) groups excluding carboxylic acids is 1. The Kier molecular flexibility index (Phi) is 4.82. The summed E-state index contributed by atoms with van der Waals surface area (Å²) in [5.41, 5.74) is -0.0868. The highest BCUT2D eigenvalue weighted by Gasteiger charge is 2.37. The van der Waals surface area contributed by atoms with Crippen molar-refractivity contribution in [3.05, 3.63) is 21.3 Å². The maximum atomic E-state index is 12.6. The first kappa shape index (κ1) is 14.0. The van der Waals surface area contributed by atoms with Crippen LogP contribution >= 0.6 is 22.9 Å². The van der Waals surface area contributed by atoms with Crippen molar-refractivity contribution in [2.45, 2.75) is 39.0 Å². The van der Waals surface area contributed by atoms with Crippen LogP contribution in [0, 0.1) is 5.41 Å². The summed E-state index contributed by atoms with van der Waals surface area (Å²) >= 11 is 7.45. The van der Waals surface area contributed by atoms with Gasteiger partial charge in [0.2, 0.25) is 0 Å². The van der Waals surface area contributed by atoms with Gasteiger partial charge in [0, 0.05) is 16.7 Å². The van der Waals surface area contributed by atoms with Crippen LogP contribution in [0.5, 0.6) is 0 Å². The molecule has 0 spiro atoms. The fraction of sp³-hybridized carbons (Fsp3) is 0.643. The minimum absolute atomic E-state index is 0.0868. The second kappa shape index (κ2) is 6.18. The molecule has 1 N–H and O–H groups in total. The zero-order valence-corrected chi connectivity index (χ0v) is 12.4. The van der Waals surface area contributed by atoms with Gasteiger partial charge in [-0.05, 0) is 44.5 Å². The summed E-state index contributed by atoms with van der Waals surface area (Å²) in [5, 5.41) is 3.35. The average molecular weight is 286 g/mol. The normalized spacial score (nSPS) is 18.8. The van der Waals surface area contributed by atoms with E-state index in [0.717, 1.165) is 48.0 Å². The molecule has 0 aliphatic carbocycles. The average Bonchev–Trinajstić information content (AvgIpc) is 2.76. The van der Waals surface area contributed by atoms with Crippen LogP contribution in [-0.2, 0) is 11.2 Å². The molecule has 1 aromatic rings. The number of nitrogens with one attached hydrogen (secondary N) is 1. The van der Waals surface area contributed by atoms with E-state index in [-0.39, 0.29) is 5.41 Å². The molecule has 2 heterocycles. The fourth-order valence-corrected chi connectivity index (χ4v) is 3.93. The molecule has 0 amide bonds. The van der Waals surface area contributed by atoms with Gasteiger partial charge >= 0.3 is 0 Å². The number of ketones is 1. The van der Waals surface area contributed by atoms with E-state index >= 15 is 0 Å².